The van der Waals surface area contributed by atoms with Gasteiger partial charge in [0.2, 0.25) is 5.91 Å². The number of amides is 3. The first-order valence-corrected chi connectivity index (χ1v) is 10.4. The molecule has 4 rings (SSSR count). The third kappa shape index (κ3) is 4.49. The number of halogens is 2. The van der Waals surface area contributed by atoms with E-state index in [0.29, 0.717) is 33.2 Å². The van der Waals surface area contributed by atoms with Crippen LogP contribution in [-0.4, -0.2) is 17.7 Å². The van der Waals surface area contributed by atoms with Gasteiger partial charge in [-0.2, -0.15) is 0 Å². The van der Waals surface area contributed by atoms with Gasteiger partial charge >= 0.3 is 0 Å². The average Bonchev–Trinajstić information content (AvgIpc) is 3.01. The van der Waals surface area contributed by atoms with Crippen molar-refractivity contribution in [1.82, 2.24) is 0 Å². The molecule has 1 aliphatic heterocycles. The maximum absolute atomic E-state index is 13.5. The zero-order valence-electron chi connectivity index (χ0n) is 17.8. The van der Waals surface area contributed by atoms with Gasteiger partial charge in [-0.1, -0.05) is 29.8 Å². The van der Waals surface area contributed by atoms with Crippen LogP contribution in [-0.2, 0) is 14.4 Å². The highest BCUT2D eigenvalue weighted by Crippen LogP contribution is 2.36. The predicted octanol–water partition coefficient (Wildman–Crippen LogP) is 5.14. The Morgan fingerprint density at radius 3 is 2.18 bits per heavy atom. The van der Waals surface area contributed by atoms with Gasteiger partial charge in [-0.25, -0.2) is 9.29 Å². The van der Waals surface area contributed by atoms with Crippen LogP contribution in [0, 0.1) is 12.7 Å². The van der Waals surface area contributed by atoms with Gasteiger partial charge in [-0.15, -0.1) is 0 Å². The molecule has 0 radical (unpaired) electrons. The summed E-state index contributed by atoms with van der Waals surface area (Å²) in [5, 5.41) is 6.08. The monoisotopic (exact) mass is 463 g/mol. The fourth-order valence-corrected chi connectivity index (χ4v) is 3.72. The number of anilines is 3. The van der Waals surface area contributed by atoms with Crippen LogP contribution in [0.1, 0.15) is 18.1 Å². The lowest BCUT2D eigenvalue weighted by atomic mass is 10.0. The van der Waals surface area contributed by atoms with Crippen LogP contribution in [0.15, 0.2) is 72.4 Å². The Bertz CT molecular complexity index is 1300. The van der Waals surface area contributed by atoms with Gasteiger partial charge in [-0.3, -0.25) is 14.4 Å². The van der Waals surface area contributed by atoms with Crippen molar-refractivity contribution in [2.24, 2.45) is 0 Å². The smallest absolute Gasteiger partial charge is 0.282 e. The van der Waals surface area contributed by atoms with E-state index < -0.39 is 17.6 Å². The summed E-state index contributed by atoms with van der Waals surface area (Å²) in [6.07, 6.45) is 0. The molecule has 0 atom stereocenters. The number of carbonyl (C=O) groups is 3. The van der Waals surface area contributed by atoms with Crippen molar-refractivity contribution in [2.75, 3.05) is 15.5 Å². The largest absolute Gasteiger partial charge is 0.350 e. The normalized spacial score (nSPS) is 13.5. The lowest BCUT2D eigenvalue weighted by Gasteiger charge is -2.18. The summed E-state index contributed by atoms with van der Waals surface area (Å²) in [7, 11) is 0. The SMILES string of the molecule is CC(=O)Nc1ccc(NC2=C(c3ccc(F)cc3)C(=O)N(c3cc(Cl)ccc3C)C2=O)cc1. The van der Waals surface area contributed by atoms with Gasteiger partial charge in [0, 0.05) is 23.3 Å². The predicted molar refractivity (Wildman–Crippen MR) is 126 cm³/mol. The molecule has 3 aromatic carbocycles. The van der Waals surface area contributed by atoms with Gasteiger partial charge in [0.25, 0.3) is 11.8 Å². The molecule has 0 aliphatic carbocycles. The second kappa shape index (κ2) is 8.88. The second-order valence-corrected chi connectivity index (χ2v) is 7.95. The fourth-order valence-electron chi connectivity index (χ4n) is 3.56. The molecule has 0 saturated carbocycles. The van der Waals surface area contributed by atoms with Crippen molar-refractivity contribution in [3.05, 3.63) is 94.4 Å². The fraction of sp³-hybridized carbons (Fsp3) is 0.0800. The Morgan fingerprint density at radius 1 is 0.909 bits per heavy atom. The molecule has 0 unspecified atom stereocenters. The van der Waals surface area contributed by atoms with E-state index in [0.717, 1.165) is 4.90 Å². The second-order valence-electron chi connectivity index (χ2n) is 7.52. The number of nitrogens with one attached hydrogen (secondary N) is 2. The van der Waals surface area contributed by atoms with Crippen molar-refractivity contribution in [3.63, 3.8) is 0 Å². The van der Waals surface area contributed by atoms with Crippen LogP contribution >= 0.6 is 11.6 Å². The maximum atomic E-state index is 13.5. The van der Waals surface area contributed by atoms with Gasteiger partial charge in [0.15, 0.2) is 0 Å². The highest BCUT2D eigenvalue weighted by molar-refractivity contribution is 6.46. The van der Waals surface area contributed by atoms with Crippen LogP contribution in [0.5, 0.6) is 0 Å². The molecule has 8 heteroatoms. The van der Waals surface area contributed by atoms with E-state index in [2.05, 4.69) is 10.6 Å². The van der Waals surface area contributed by atoms with Crippen molar-refractivity contribution < 1.29 is 18.8 Å². The lowest BCUT2D eigenvalue weighted by molar-refractivity contribution is -0.120. The number of hydrogen-bond donors (Lipinski definition) is 2. The minimum Gasteiger partial charge on any atom is -0.350 e. The quantitative estimate of drug-likeness (QED) is 0.513. The molecule has 3 aromatic rings. The molecular weight excluding hydrogens is 445 g/mol. The lowest BCUT2D eigenvalue weighted by Crippen LogP contribution is -2.33. The summed E-state index contributed by atoms with van der Waals surface area (Å²) in [5.41, 5.74) is 2.75. The zero-order chi connectivity index (χ0) is 23.7. The molecule has 0 bridgehead atoms. The molecule has 0 aromatic heterocycles. The number of rotatable bonds is 5. The van der Waals surface area contributed by atoms with E-state index >= 15 is 0 Å². The summed E-state index contributed by atoms with van der Waals surface area (Å²) in [6.45, 7) is 3.18. The van der Waals surface area contributed by atoms with Crippen molar-refractivity contribution in [3.8, 4) is 0 Å². The maximum Gasteiger partial charge on any atom is 0.282 e. The number of carbonyl (C=O) groups excluding carboxylic acids is 3. The van der Waals surface area contributed by atoms with E-state index in [4.69, 9.17) is 11.6 Å². The molecule has 1 heterocycles. The van der Waals surface area contributed by atoms with Crippen molar-refractivity contribution >= 4 is 52.0 Å². The summed E-state index contributed by atoms with van der Waals surface area (Å²) in [4.78, 5) is 39.2. The van der Waals surface area contributed by atoms with E-state index in [1.54, 1.807) is 49.4 Å². The highest BCUT2D eigenvalue weighted by atomic mass is 35.5. The van der Waals surface area contributed by atoms with E-state index in [1.165, 1.54) is 31.2 Å². The van der Waals surface area contributed by atoms with Crippen LogP contribution in [0.4, 0.5) is 21.5 Å². The van der Waals surface area contributed by atoms with Crippen molar-refractivity contribution in [1.29, 1.82) is 0 Å². The minimum absolute atomic E-state index is 0.0539. The van der Waals surface area contributed by atoms with Gasteiger partial charge in [-0.05, 0) is 66.6 Å². The standard InChI is InChI=1S/C25H19ClFN3O3/c1-14-3-6-17(26)13-21(14)30-24(32)22(16-4-7-18(27)8-5-16)23(25(30)33)29-20-11-9-19(10-12-20)28-15(2)31/h3-13,29H,1-2H3,(H,28,31). The molecule has 3 amide bonds. The zero-order valence-corrected chi connectivity index (χ0v) is 18.5. The van der Waals surface area contributed by atoms with Crippen LogP contribution in [0.2, 0.25) is 5.02 Å². The number of hydrogen-bond acceptors (Lipinski definition) is 4. The number of imide groups is 1. The first kappa shape index (κ1) is 22.2. The van der Waals surface area contributed by atoms with Crippen LogP contribution < -0.4 is 15.5 Å². The van der Waals surface area contributed by atoms with Gasteiger partial charge in [0.05, 0.1) is 11.3 Å². The third-order valence-electron chi connectivity index (χ3n) is 5.10. The Kier molecular flexibility index (Phi) is 5.98. The summed E-state index contributed by atoms with van der Waals surface area (Å²) < 4.78 is 13.5. The van der Waals surface area contributed by atoms with Crippen LogP contribution in [0.3, 0.4) is 0 Å². The molecule has 0 spiro atoms. The molecule has 0 fully saturated rings. The summed E-state index contributed by atoms with van der Waals surface area (Å²) >= 11 is 6.13. The van der Waals surface area contributed by atoms with Gasteiger partial charge in [0.1, 0.15) is 11.5 Å². The summed E-state index contributed by atoms with van der Waals surface area (Å²) in [5.74, 6) is -1.77. The summed E-state index contributed by atoms with van der Waals surface area (Å²) in [6, 6.07) is 17.0. The topological polar surface area (TPSA) is 78.5 Å². The Hall–Kier alpha value is -3.97. The Morgan fingerprint density at radius 2 is 1.55 bits per heavy atom. The van der Waals surface area contributed by atoms with E-state index in [9.17, 15) is 18.8 Å². The Labute approximate surface area is 194 Å². The first-order chi connectivity index (χ1) is 15.7. The molecule has 6 nitrogen and oxygen atoms in total. The van der Waals surface area contributed by atoms with Gasteiger partial charge < -0.3 is 10.6 Å². The molecule has 166 valence electrons. The van der Waals surface area contributed by atoms with E-state index in [1.807, 2.05) is 0 Å². The molecule has 2 N–H and O–H groups in total. The average molecular weight is 464 g/mol. The molecule has 1 aliphatic rings. The molecular formula is C25H19ClFN3O3. The first-order valence-electron chi connectivity index (χ1n) is 10.0. The highest BCUT2D eigenvalue weighted by Gasteiger charge is 2.41. The third-order valence-corrected chi connectivity index (χ3v) is 5.34. The molecule has 0 saturated heterocycles. The van der Waals surface area contributed by atoms with E-state index in [-0.39, 0.29) is 17.2 Å². The number of aryl methyl sites for hydroxylation is 1. The minimum atomic E-state index is -0.560. The number of benzene rings is 3. The Balaban J connectivity index is 1.77. The van der Waals surface area contributed by atoms with Crippen molar-refractivity contribution in [2.45, 2.75) is 13.8 Å². The molecule has 33 heavy (non-hydrogen) atoms. The number of nitrogens with zero attached hydrogens (tertiary/aromatic N) is 1. The van der Waals surface area contributed by atoms with Crippen LogP contribution in [0.25, 0.3) is 5.57 Å².